The van der Waals surface area contributed by atoms with Crippen LogP contribution < -0.4 is 5.32 Å². The SMILES string of the molecule is Cc1c(Br)ccc(NC=C(C#N)C#N)c1Cl. The maximum absolute atomic E-state index is 8.55. The van der Waals surface area contributed by atoms with E-state index >= 15 is 0 Å². The largest absolute Gasteiger partial charge is 0.359 e. The fourth-order valence-corrected chi connectivity index (χ4v) is 1.68. The standard InChI is InChI=1S/C11H7BrClN3/c1-7-9(12)2-3-10(11(7)13)16-6-8(4-14)5-15/h2-3,6,16H,1H3. The molecule has 1 aromatic carbocycles. The van der Waals surface area contributed by atoms with Crippen LogP contribution in [-0.4, -0.2) is 0 Å². The lowest BCUT2D eigenvalue weighted by atomic mass is 10.2. The van der Waals surface area contributed by atoms with Gasteiger partial charge in [-0.25, -0.2) is 0 Å². The third-order valence-corrected chi connectivity index (χ3v) is 3.28. The predicted molar refractivity (Wildman–Crippen MR) is 66.8 cm³/mol. The summed E-state index contributed by atoms with van der Waals surface area (Å²) in [5.74, 6) is 0. The van der Waals surface area contributed by atoms with E-state index in [4.69, 9.17) is 22.1 Å². The summed E-state index contributed by atoms with van der Waals surface area (Å²) in [4.78, 5) is 0. The van der Waals surface area contributed by atoms with Gasteiger partial charge in [-0.2, -0.15) is 10.5 Å². The first-order valence-corrected chi connectivity index (χ1v) is 5.48. The first kappa shape index (κ1) is 12.6. The van der Waals surface area contributed by atoms with E-state index in [0.717, 1.165) is 10.0 Å². The Morgan fingerprint density at radius 2 is 2.06 bits per heavy atom. The second-order valence-electron chi connectivity index (χ2n) is 2.96. The van der Waals surface area contributed by atoms with E-state index in [2.05, 4.69) is 21.2 Å². The van der Waals surface area contributed by atoms with E-state index in [0.29, 0.717) is 10.7 Å². The lowest BCUT2D eigenvalue weighted by Gasteiger charge is -2.07. The topological polar surface area (TPSA) is 59.6 Å². The number of hydrogen-bond donors (Lipinski definition) is 1. The second kappa shape index (κ2) is 5.55. The van der Waals surface area contributed by atoms with Crippen LogP contribution in [0.1, 0.15) is 5.56 Å². The van der Waals surface area contributed by atoms with Crippen molar-refractivity contribution in [3.8, 4) is 12.1 Å². The molecular weight excluding hydrogens is 289 g/mol. The van der Waals surface area contributed by atoms with Gasteiger partial charge in [0.25, 0.3) is 0 Å². The summed E-state index contributed by atoms with van der Waals surface area (Å²) in [7, 11) is 0. The zero-order valence-corrected chi connectivity index (χ0v) is 10.7. The van der Waals surface area contributed by atoms with Crippen LogP contribution in [0.15, 0.2) is 28.4 Å². The Kier molecular flexibility index (Phi) is 4.37. The highest BCUT2D eigenvalue weighted by molar-refractivity contribution is 9.10. The summed E-state index contributed by atoms with van der Waals surface area (Å²) in [6, 6.07) is 7.11. The smallest absolute Gasteiger partial charge is 0.145 e. The van der Waals surface area contributed by atoms with Crippen LogP contribution in [-0.2, 0) is 0 Å². The van der Waals surface area contributed by atoms with Crippen molar-refractivity contribution in [2.45, 2.75) is 6.92 Å². The third-order valence-electron chi connectivity index (χ3n) is 1.93. The Bertz CT molecular complexity index is 507. The zero-order valence-electron chi connectivity index (χ0n) is 8.38. The number of nitrogens with one attached hydrogen (secondary N) is 1. The van der Waals surface area contributed by atoms with Crippen LogP contribution in [0.4, 0.5) is 5.69 Å². The number of rotatable bonds is 2. The molecule has 0 aliphatic carbocycles. The van der Waals surface area contributed by atoms with E-state index < -0.39 is 0 Å². The van der Waals surface area contributed by atoms with Crippen molar-refractivity contribution in [2.24, 2.45) is 0 Å². The van der Waals surface area contributed by atoms with E-state index in [1.165, 1.54) is 6.20 Å². The lowest BCUT2D eigenvalue weighted by Crippen LogP contribution is -1.92. The van der Waals surface area contributed by atoms with Gasteiger partial charge in [0.05, 0.1) is 10.7 Å². The van der Waals surface area contributed by atoms with Gasteiger partial charge in [0.15, 0.2) is 0 Å². The van der Waals surface area contributed by atoms with Gasteiger partial charge >= 0.3 is 0 Å². The van der Waals surface area contributed by atoms with E-state index in [1.54, 1.807) is 18.2 Å². The molecule has 1 N–H and O–H groups in total. The van der Waals surface area contributed by atoms with Gasteiger partial charge in [0.2, 0.25) is 0 Å². The third kappa shape index (κ3) is 2.76. The molecule has 0 atom stereocenters. The minimum atomic E-state index is -0.00311. The molecule has 0 bridgehead atoms. The fourth-order valence-electron chi connectivity index (χ4n) is 1.01. The molecular formula is C11H7BrClN3. The number of nitrogens with zero attached hydrogens (tertiary/aromatic N) is 2. The highest BCUT2D eigenvalue weighted by atomic mass is 79.9. The van der Waals surface area contributed by atoms with Crippen LogP contribution >= 0.6 is 27.5 Å². The van der Waals surface area contributed by atoms with Gasteiger partial charge in [-0.3, -0.25) is 0 Å². The number of benzene rings is 1. The van der Waals surface area contributed by atoms with Crippen molar-refractivity contribution in [1.82, 2.24) is 0 Å². The summed E-state index contributed by atoms with van der Waals surface area (Å²) < 4.78 is 0.910. The number of halogens is 2. The quantitative estimate of drug-likeness (QED) is 0.845. The molecule has 0 aromatic heterocycles. The maximum atomic E-state index is 8.55. The first-order chi connectivity index (χ1) is 7.60. The molecule has 0 heterocycles. The molecule has 0 saturated heterocycles. The Morgan fingerprint density at radius 1 is 1.44 bits per heavy atom. The minimum Gasteiger partial charge on any atom is -0.359 e. The molecule has 0 aliphatic heterocycles. The Hall–Kier alpha value is -1.49. The zero-order chi connectivity index (χ0) is 12.1. The van der Waals surface area contributed by atoms with Crippen LogP contribution in [0.5, 0.6) is 0 Å². The van der Waals surface area contributed by atoms with Crippen LogP contribution in [0.3, 0.4) is 0 Å². The molecule has 1 aromatic rings. The summed E-state index contributed by atoms with van der Waals surface area (Å²) in [5.41, 5.74) is 1.55. The van der Waals surface area contributed by atoms with Crippen LogP contribution in [0.25, 0.3) is 0 Å². The molecule has 5 heteroatoms. The average Bonchev–Trinajstić information content (AvgIpc) is 2.30. The summed E-state index contributed by atoms with van der Waals surface area (Å²) in [5, 5.41) is 20.5. The Labute approximate surface area is 107 Å². The number of allylic oxidation sites excluding steroid dienone is 1. The van der Waals surface area contributed by atoms with Crippen molar-refractivity contribution >= 4 is 33.2 Å². The fraction of sp³-hybridized carbons (Fsp3) is 0.0909. The molecule has 0 saturated carbocycles. The Balaban J connectivity index is 3.02. The van der Waals surface area contributed by atoms with Gasteiger partial charge < -0.3 is 5.32 Å². The van der Waals surface area contributed by atoms with E-state index in [9.17, 15) is 0 Å². The number of hydrogen-bond acceptors (Lipinski definition) is 3. The maximum Gasteiger partial charge on any atom is 0.145 e. The summed E-state index contributed by atoms with van der Waals surface area (Å²) >= 11 is 9.44. The molecule has 0 spiro atoms. The van der Waals surface area contributed by atoms with Crippen molar-refractivity contribution in [3.63, 3.8) is 0 Å². The van der Waals surface area contributed by atoms with E-state index in [-0.39, 0.29) is 5.57 Å². The molecule has 1 rings (SSSR count). The average molecular weight is 297 g/mol. The molecule has 80 valence electrons. The van der Waals surface area contributed by atoms with Gasteiger partial charge in [0.1, 0.15) is 17.7 Å². The Morgan fingerprint density at radius 3 is 2.62 bits per heavy atom. The molecule has 0 radical (unpaired) electrons. The second-order valence-corrected chi connectivity index (χ2v) is 4.19. The van der Waals surface area contributed by atoms with Crippen LogP contribution in [0.2, 0.25) is 5.02 Å². The van der Waals surface area contributed by atoms with Gasteiger partial charge in [-0.1, -0.05) is 27.5 Å². The summed E-state index contributed by atoms with van der Waals surface area (Å²) in [6.45, 7) is 1.87. The molecule has 16 heavy (non-hydrogen) atoms. The van der Waals surface area contributed by atoms with Crippen molar-refractivity contribution < 1.29 is 0 Å². The highest BCUT2D eigenvalue weighted by Crippen LogP contribution is 2.31. The molecule has 0 aliphatic rings. The predicted octanol–water partition coefficient (Wildman–Crippen LogP) is 3.75. The normalized spacial score (nSPS) is 8.81. The van der Waals surface area contributed by atoms with Gasteiger partial charge in [-0.15, -0.1) is 0 Å². The van der Waals surface area contributed by atoms with Crippen molar-refractivity contribution in [1.29, 1.82) is 10.5 Å². The molecule has 3 nitrogen and oxygen atoms in total. The van der Waals surface area contributed by atoms with Crippen LogP contribution in [0, 0.1) is 29.6 Å². The minimum absolute atomic E-state index is 0.00311. The molecule has 0 amide bonds. The molecule has 0 fully saturated rings. The lowest BCUT2D eigenvalue weighted by molar-refractivity contribution is 1.40. The van der Waals surface area contributed by atoms with E-state index in [1.807, 2.05) is 13.0 Å². The monoisotopic (exact) mass is 295 g/mol. The van der Waals surface area contributed by atoms with Gasteiger partial charge in [-0.05, 0) is 24.6 Å². The number of anilines is 1. The van der Waals surface area contributed by atoms with Crippen molar-refractivity contribution in [3.05, 3.63) is 39.0 Å². The summed E-state index contributed by atoms with van der Waals surface area (Å²) in [6.07, 6.45) is 1.33. The number of nitriles is 2. The highest BCUT2D eigenvalue weighted by Gasteiger charge is 2.05. The molecule has 0 unspecified atom stereocenters. The first-order valence-electron chi connectivity index (χ1n) is 4.31. The van der Waals surface area contributed by atoms with Crippen molar-refractivity contribution in [2.75, 3.05) is 5.32 Å². The van der Waals surface area contributed by atoms with Gasteiger partial charge in [0, 0.05) is 10.7 Å².